The lowest BCUT2D eigenvalue weighted by atomic mass is 10.0. The summed E-state index contributed by atoms with van der Waals surface area (Å²) in [6.45, 7) is 6.16. The van der Waals surface area contributed by atoms with Crippen molar-refractivity contribution in [3.63, 3.8) is 0 Å². The van der Waals surface area contributed by atoms with Gasteiger partial charge in [-0.3, -0.25) is 9.69 Å². The maximum Gasteiger partial charge on any atom is 0.262 e. The van der Waals surface area contributed by atoms with E-state index in [4.69, 9.17) is 4.74 Å². The van der Waals surface area contributed by atoms with Gasteiger partial charge in [0.1, 0.15) is 18.5 Å². The second kappa shape index (κ2) is 8.81. The predicted molar refractivity (Wildman–Crippen MR) is 133 cm³/mol. The van der Waals surface area contributed by atoms with Gasteiger partial charge in [0, 0.05) is 25.0 Å². The average Bonchev–Trinajstić information content (AvgIpc) is 2.74. The summed E-state index contributed by atoms with van der Waals surface area (Å²) in [6.07, 6.45) is 1.31. The summed E-state index contributed by atoms with van der Waals surface area (Å²) >= 11 is 5.89. The van der Waals surface area contributed by atoms with Crippen LogP contribution in [0.25, 0.3) is 0 Å². The number of hydrogen-bond acceptors (Lipinski definition) is 3. The van der Waals surface area contributed by atoms with Gasteiger partial charge >= 0.3 is 0 Å². The maximum absolute atomic E-state index is 13.6. The number of anilines is 2. The Labute approximate surface area is 198 Å². The topological polar surface area (TPSA) is 41.6 Å². The zero-order valence-corrected chi connectivity index (χ0v) is 20.1. The molecule has 0 spiro atoms. The summed E-state index contributed by atoms with van der Waals surface area (Å²) < 4.78 is 7.65. The molecule has 0 radical (unpaired) electrons. The van der Waals surface area contributed by atoms with E-state index in [-0.39, 0.29) is 5.91 Å². The van der Waals surface area contributed by atoms with Crippen LogP contribution in [0.4, 0.5) is 11.4 Å². The van der Waals surface area contributed by atoms with E-state index >= 15 is 0 Å². The fourth-order valence-corrected chi connectivity index (χ4v) is 4.40. The highest BCUT2D eigenvalue weighted by Crippen LogP contribution is 2.40. The Kier molecular flexibility index (Phi) is 6.15. The van der Waals surface area contributed by atoms with Crippen molar-refractivity contribution in [1.29, 1.82) is 0 Å². The summed E-state index contributed by atoms with van der Waals surface area (Å²) in [5, 5.41) is 3.55. The third-order valence-electron chi connectivity index (χ3n) is 4.92. The number of rotatable bonds is 5. The Hall–Kier alpha value is -2.32. The van der Waals surface area contributed by atoms with Crippen LogP contribution in [-0.4, -0.2) is 12.5 Å². The van der Waals surface area contributed by atoms with Crippen molar-refractivity contribution in [2.24, 2.45) is 0 Å². The molecule has 0 unspecified atom stereocenters. The fourth-order valence-electron chi connectivity index (χ4n) is 3.44. The number of hydrogen-bond donors (Lipinski definition) is 1. The number of aryl methyl sites for hydroxylation is 1. The van der Waals surface area contributed by atoms with E-state index in [1.807, 2.05) is 67.6 Å². The standard InChI is InChI=1S/C24H20BrIN2O2/c1-3-12-30-18-9-10-21(25)19(14-18)23-27-22-11-6-16(26)13-20(22)24(29)28(23)17-7-4-15(2)5-8-17/h3-11,13-14,23,27H,1,12H2,2H3/t23-/m1/s1. The van der Waals surface area contributed by atoms with E-state index < -0.39 is 6.17 Å². The highest BCUT2D eigenvalue weighted by molar-refractivity contribution is 14.1. The van der Waals surface area contributed by atoms with Crippen molar-refractivity contribution < 1.29 is 9.53 Å². The normalized spacial score (nSPS) is 15.4. The number of amides is 1. The van der Waals surface area contributed by atoms with Crippen LogP contribution in [0, 0.1) is 10.5 Å². The zero-order valence-electron chi connectivity index (χ0n) is 16.4. The Morgan fingerprint density at radius 2 is 1.93 bits per heavy atom. The molecule has 1 heterocycles. The smallest absolute Gasteiger partial charge is 0.262 e. The van der Waals surface area contributed by atoms with Crippen LogP contribution < -0.4 is 15.0 Å². The van der Waals surface area contributed by atoms with Crippen LogP contribution in [0.15, 0.2) is 77.8 Å². The molecule has 0 saturated carbocycles. The van der Waals surface area contributed by atoms with Gasteiger partial charge in [0.05, 0.1) is 5.56 Å². The number of nitrogens with zero attached hydrogens (tertiary/aromatic N) is 1. The van der Waals surface area contributed by atoms with Gasteiger partial charge in [0.15, 0.2) is 0 Å². The molecule has 30 heavy (non-hydrogen) atoms. The molecule has 3 aromatic rings. The van der Waals surface area contributed by atoms with Crippen LogP contribution in [0.5, 0.6) is 5.75 Å². The highest BCUT2D eigenvalue weighted by Gasteiger charge is 2.35. The van der Waals surface area contributed by atoms with E-state index in [9.17, 15) is 4.79 Å². The van der Waals surface area contributed by atoms with E-state index in [1.165, 1.54) is 0 Å². The van der Waals surface area contributed by atoms with Gasteiger partial charge in [-0.1, -0.05) is 46.3 Å². The van der Waals surface area contributed by atoms with Gasteiger partial charge < -0.3 is 10.1 Å². The third-order valence-corrected chi connectivity index (χ3v) is 6.32. The molecule has 6 heteroatoms. The predicted octanol–water partition coefficient (Wildman–Crippen LogP) is 6.70. The molecule has 0 aromatic heterocycles. The third kappa shape index (κ3) is 4.11. The molecule has 152 valence electrons. The molecule has 1 amide bonds. The maximum atomic E-state index is 13.6. The lowest BCUT2D eigenvalue weighted by Crippen LogP contribution is -2.43. The largest absolute Gasteiger partial charge is 0.490 e. The minimum absolute atomic E-state index is 0.0413. The second-order valence-corrected chi connectivity index (χ2v) is 9.13. The number of halogens is 2. The molecule has 0 saturated heterocycles. The van der Waals surface area contributed by atoms with Crippen molar-refractivity contribution in [2.45, 2.75) is 13.1 Å². The highest BCUT2D eigenvalue weighted by atomic mass is 127. The molecule has 1 aliphatic heterocycles. The number of carbonyl (C=O) groups excluding carboxylic acids is 1. The van der Waals surface area contributed by atoms with Gasteiger partial charge in [-0.25, -0.2) is 0 Å². The van der Waals surface area contributed by atoms with Crippen LogP contribution in [0.3, 0.4) is 0 Å². The molecule has 1 N–H and O–H groups in total. The fraction of sp³-hybridized carbons (Fsp3) is 0.125. The van der Waals surface area contributed by atoms with Crippen LogP contribution in [-0.2, 0) is 0 Å². The molecule has 1 aliphatic rings. The van der Waals surface area contributed by atoms with Gasteiger partial charge in [-0.2, -0.15) is 0 Å². The van der Waals surface area contributed by atoms with Crippen molar-refractivity contribution in [3.8, 4) is 5.75 Å². The van der Waals surface area contributed by atoms with E-state index in [2.05, 4.69) is 50.4 Å². The van der Waals surface area contributed by atoms with Crippen LogP contribution in [0.2, 0.25) is 0 Å². The van der Waals surface area contributed by atoms with Gasteiger partial charge in [-0.15, -0.1) is 0 Å². The SMILES string of the molecule is C=CCOc1ccc(Br)c([C@@H]2Nc3ccc(I)cc3C(=O)N2c2ccc(C)cc2)c1. The quantitative estimate of drug-likeness (QED) is 0.272. The Balaban J connectivity index is 1.85. The zero-order chi connectivity index (χ0) is 21.3. The molecule has 0 fully saturated rings. The van der Waals surface area contributed by atoms with Crippen molar-refractivity contribution >= 4 is 55.8 Å². The number of carbonyl (C=O) groups is 1. The summed E-state index contributed by atoms with van der Waals surface area (Å²) in [5.41, 5.74) is 4.36. The Morgan fingerprint density at radius 3 is 2.67 bits per heavy atom. The number of ether oxygens (including phenoxy) is 1. The molecule has 4 rings (SSSR count). The summed E-state index contributed by atoms with van der Waals surface area (Å²) in [4.78, 5) is 15.4. The molecular formula is C24H20BrIN2O2. The summed E-state index contributed by atoms with van der Waals surface area (Å²) in [6, 6.07) is 19.7. The summed E-state index contributed by atoms with van der Waals surface area (Å²) in [7, 11) is 0. The molecular weight excluding hydrogens is 555 g/mol. The number of benzene rings is 3. The Bertz CT molecular complexity index is 1110. The van der Waals surface area contributed by atoms with Gasteiger partial charge in [0.25, 0.3) is 5.91 Å². The van der Waals surface area contributed by atoms with E-state index in [0.29, 0.717) is 12.2 Å². The minimum atomic E-state index is -0.394. The first-order chi connectivity index (χ1) is 14.5. The van der Waals surface area contributed by atoms with E-state index in [0.717, 1.165) is 36.3 Å². The first-order valence-electron chi connectivity index (χ1n) is 9.47. The van der Waals surface area contributed by atoms with Crippen LogP contribution >= 0.6 is 38.5 Å². The average molecular weight is 575 g/mol. The first-order valence-corrected chi connectivity index (χ1v) is 11.3. The lowest BCUT2D eigenvalue weighted by molar-refractivity contribution is 0.0974. The molecule has 0 aliphatic carbocycles. The first kappa shape index (κ1) is 20.9. The van der Waals surface area contributed by atoms with Crippen molar-refractivity contribution in [3.05, 3.63) is 98.1 Å². The number of nitrogens with one attached hydrogen (secondary N) is 1. The molecule has 3 aromatic carbocycles. The monoisotopic (exact) mass is 574 g/mol. The van der Waals surface area contributed by atoms with Crippen LogP contribution in [0.1, 0.15) is 27.7 Å². The number of fused-ring (bicyclic) bond motifs is 1. The van der Waals surface area contributed by atoms with Gasteiger partial charge in [-0.05, 0) is 78.0 Å². The van der Waals surface area contributed by atoms with Crippen molar-refractivity contribution in [2.75, 3.05) is 16.8 Å². The second-order valence-electron chi connectivity index (χ2n) is 7.03. The van der Waals surface area contributed by atoms with E-state index in [1.54, 1.807) is 11.0 Å². The van der Waals surface area contributed by atoms with Gasteiger partial charge in [0.2, 0.25) is 0 Å². The van der Waals surface area contributed by atoms with Crippen molar-refractivity contribution in [1.82, 2.24) is 0 Å². The summed E-state index contributed by atoms with van der Waals surface area (Å²) in [5.74, 6) is 0.681. The Morgan fingerprint density at radius 1 is 1.17 bits per heavy atom. The molecule has 4 nitrogen and oxygen atoms in total. The minimum Gasteiger partial charge on any atom is -0.490 e. The molecule has 1 atom stereocenters. The lowest BCUT2D eigenvalue weighted by Gasteiger charge is -2.38. The molecule has 0 bridgehead atoms.